The van der Waals surface area contributed by atoms with E-state index in [0.717, 1.165) is 43.9 Å². The molecule has 3 aromatic rings. The van der Waals surface area contributed by atoms with Crippen LogP contribution in [0.15, 0.2) is 40.9 Å². The maximum absolute atomic E-state index is 13.8. The van der Waals surface area contributed by atoms with Gasteiger partial charge in [0.2, 0.25) is 11.7 Å². The van der Waals surface area contributed by atoms with E-state index >= 15 is 0 Å². The number of hydrogen-bond donors (Lipinski definition) is 0. The molecule has 1 saturated heterocycles. The average molecular weight is 426 g/mol. The van der Waals surface area contributed by atoms with Crippen LogP contribution in [0.4, 0.5) is 4.39 Å². The summed E-state index contributed by atoms with van der Waals surface area (Å²) >= 11 is 0. The number of likely N-dealkylation sites (tertiary alicyclic amines) is 1. The lowest BCUT2D eigenvalue weighted by Crippen LogP contribution is -2.25. The molecule has 4 rings (SSSR count). The van der Waals surface area contributed by atoms with Crippen molar-refractivity contribution in [2.75, 3.05) is 27.3 Å². The lowest BCUT2D eigenvalue weighted by Gasteiger charge is -2.26. The Hall–Kier alpha value is -2.93. The minimum atomic E-state index is -0.266. The highest BCUT2D eigenvalue weighted by atomic mass is 19.1. The lowest BCUT2D eigenvalue weighted by atomic mass is 10.0. The number of halogens is 1. The summed E-state index contributed by atoms with van der Waals surface area (Å²) in [6.07, 6.45) is 3.85. The zero-order valence-electron chi connectivity index (χ0n) is 18.2. The Morgan fingerprint density at radius 3 is 2.81 bits per heavy atom. The number of aromatic nitrogens is 2. The van der Waals surface area contributed by atoms with Gasteiger partial charge in [-0.3, -0.25) is 4.90 Å². The minimum Gasteiger partial charge on any atom is -0.497 e. The fraction of sp³-hybridized carbons (Fsp3) is 0.417. The van der Waals surface area contributed by atoms with Gasteiger partial charge in [-0.15, -0.1) is 0 Å². The highest BCUT2D eigenvalue weighted by Crippen LogP contribution is 2.38. The molecule has 31 heavy (non-hydrogen) atoms. The first-order chi connectivity index (χ1) is 15.1. The zero-order valence-corrected chi connectivity index (χ0v) is 18.2. The van der Waals surface area contributed by atoms with E-state index in [4.69, 9.17) is 14.0 Å². The molecular formula is C24H28FN3O3. The second-order valence-electron chi connectivity index (χ2n) is 7.88. The smallest absolute Gasteiger partial charge is 0.227 e. The predicted molar refractivity (Wildman–Crippen MR) is 116 cm³/mol. The van der Waals surface area contributed by atoms with Crippen molar-refractivity contribution >= 4 is 0 Å². The number of aryl methyl sites for hydroxylation is 2. The molecule has 164 valence electrons. The van der Waals surface area contributed by atoms with Crippen molar-refractivity contribution in [1.29, 1.82) is 0 Å². The molecule has 2 aromatic carbocycles. The summed E-state index contributed by atoms with van der Waals surface area (Å²) < 4.78 is 30.1. The minimum absolute atomic E-state index is 0.266. The zero-order chi connectivity index (χ0) is 21.8. The predicted octanol–water partition coefficient (Wildman–Crippen LogP) is 4.97. The van der Waals surface area contributed by atoms with Crippen molar-refractivity contribution in [2.24, 2.45) is 0 Å². The number of hydrogen-bond acceptors (Lipinski definition) is 6. The van der Waals surface area contributed by atoms with Gasteiger partial charge in [-0.05, 0) is 57.0 Å². The molecule has 1 atom stereocenters. The third-order valence-corrected chi connectivity index (χ3v) is 5.90. The maximum Gasteiger partial charge on any atom is 0.227 e. The van der Waals surface area contributed by atoms with Gasteiger partial charge in [-0.2, -0.15) is 4.98 Å². The van der Waals surface area contributed by atoms with Gasteiger partial charge in [-0.25, -0.2) is 4.39 Å². The van der Waals surface area contributed by atoms with Crippen molar-refractivity contribution < 1.29 is 18.4 Å². The number of benzene rings is 2. The van der Waals surface area contributed by atoms with Gasteiger partial charge in [-0.1, -0.05) is 23.4 Å². The number of nitrogens with zero attached hydrogens (tertiary/aromatic N) is 3. The summed E-state index contributed by atoms with van der Waals surface area (Å²) in [6, 6.07) is 11.3. The second-order valence-corrected chi connectivity index (χ2v) is 7.88. The van der Waals surface area contributed by atoms with E-state index in [0.29, 0.717) is 35.3 Å². The van der Waals surface area contributed by atoms with Crippen molar-refractivity contribution in [3.63, 3.8) is 0 Å². The van der Waals surface area contributed by atoms with Gasteiger partial charge in [0, 0.05) is 29.7 Å². The first-order valence-corrected chi connectivity index (χ1v) is 10.6. The van der Waals surface area contributed by atoms with E-state index in [1.807, 2.05) is 18.2 Å². The highest BCUT2D eigenvalue weighted by Gasteiger charge is 2.28. The van der Waals surface area contributed by atoms with E-state index in [1.165, 1.54) is 11.6 Å². The van der Waals surface area contributed by atoms with Crippen molar-refractivity contribution in [3.05, 3.63) is 59.2 Å². The molecule has 1 fully saturated rings. The summed E-state index contributed by atoms with van der Waals surface area (Å²) in [6.45, 7) is 3.71. The third-order valence-electron chi connectivity index (χ3n) is 5.90. The topological polar surface area (TPSA) is 60.6 Å². The summed E-state index contributed by atoms with van der Waals surface area (Å²) in [7, 11) is 3.36. The lowest BCUT2D eigenvalue weighted by molar-refractivity contribution is 0.244. The van der Waals surface area contributed by atoms with Crippen molar-refractivity contribution in [1.82, 2.24) is 15.0 Å². The molecule has 7 heteroatoms. The molecule has 0 saturated carbocycles. The first kappa shape index (κ1) is 21.3. The summed E-state index contributed by atoms with van der Waals surface area (Å²) in [5, 5.41) is 4.01. The van der Waals surface area contributed by atoms with Gasteiger partial charge < -0.3 is 14.0 Å². The Balaban J connectivity index is 1.37. The largest absolute Gasteiger partial charge is 0.497 e. The van der Waals surface area contributed by atoms with Crippen LogP contribution < -0.4 is 9.47 Å². The normalized spacial score (nSPS) is 16.6. The monoisotopic (exact) mass is 425 g/mol. The van der Waals surface area contributed by atoms with Crippen molar-refractivity contribution in [3.8, 4) is 22.9 Å². The molecule has 2 heterocycles. The number of methoxy groups -OCH3 is 2. The Labute approximate surface area is 182 Å². The fourth-order valence-electron chi connectivity index (χ4n) is 4.18. The quantitative estimate of drug-likeness (QED) is 0.508. The van der Waals surface area contributed by atoms with Gasteiger partial charge in [0.1, 0.15) is 17.3 Å². The van der Waals surface area contributed by atoms with E-state index in [2.05, 4.69) is 21.1 Å². The van der Waals surface area contributed by atoms with Crippen LogP contribution in [-0.4, -0.2) is 42.3 Å². The van der Waals surface area contributed by atoms with Crippen LogP contribution in [0.25, 0.3) is 11.4 Å². The van der Waals surface area contributed by atoms with Gasteiger partial charge in [0.05, 0.1) is 14.2 Å². The summed E-state index contributed by atoms with van der Waals surface area (Å²) in [5.74, 6) is 2.40. The summed E-state index contributed by atoms with van der Waals surface area (Å²) in [4.78, 5) is 6.93. The Morgan fingerprint density at radius 1 is 1.16 bits per heavy atom. The van der Waals surface area contributed by atoms with Crippen LogP contribution in [0.2, 0.25) is 0 Å². The molecule has 6 nitrogen and oxygen atoms in total. The number of rotatable bonds is 8. The van der Waals surface area contributed by atoms with Crippen molar-refractivity contribution in [2.45, 2.75) is 38.6 Å². The molecule has 1 unspecified atom stereocenters. The second kappa shape index (κ2) is 9.47. The molecule has 0 N–H and O–H groups in total. The molecule has 1 aliphatic heterocycles. The molecule has 0 radical (unpaired) electrons. The molecule has 0 spiro atoms. The molecule has 0 aliphatic carbocycles. The standard InChI is InChI=1S/C24H28FN3O3/c1-16-8-9-17(14-20(16)25)24-26-23(31-27-24)7-5-13-28-12-4-6-21(28)19-11-10-18(29-2)15-22(19)30-3/h8-11,14-15,21H,4-7,12-13H2,1-3H3. The number of ether oxygens (including phenoxy) is 2. The van der Waals surface area contributed by atoms with E-state index in [1.54, 1.807) is 27.2 Å². The third kappa shape index (κ3) is 4.71. The highest BCUT2D eigenvalue weighted by molar-refractivity contribution is 5.54. The maximum atomic E-state index is 13.8. The molecule has 0 amide bonds. The van der Waals surface area contributed by atoms with Gasteiger partial charge in [0.15, 0.2) is 0 Å². The van der Waals surface area contributed by atoms with Crippen LogP contribution >= 0.6 is 0 Å². The molecule has 1 aromatic heterocycles. The molecule has 0 bridgehead atoms. The fourth-order valence-corrected chi connectivity index (χ4v) is 4.18. The Kier molecular flexibility index (Phi) is 6.51. The van der Waals surface area contributed by atoms with Gasteiger partial charge >= 0.3 is 0 Å². The Morgan fingerprint density at radius 2 is 2.03 bits per heavy atom. The van der Waals surface area contributed by atoms with Crippen LogP contribution in [0.5, 0.6) is 11.5 Å². The van der Waals surface area contributed by atoms with E-state index in [-0.39, 0.29) is 5.82 Å². The SMILES string of the molecule is COc1ccc(C2CCCN2CCCc2nc(-c3ccc(C)c(F)c3)no2)c(OC)c1. The average Bonchev–Trinajstić information content (AvgIpc) is 3.45. The first-order valence-electron chi connectivity index (χ1n) is 10.6. The summed E-state index contributed by atoms with van der Waals surface area (Å²) in [5.41, 5.74) is 2.42. The van der Waals surface area contributed by atoms with E-state index in [9.17, 15) is 4.39 Å². The van der Waals surface area contributed by atoms with E-state index < -0.39 is 0 Å². The van der Waals surface area contributed by atoms with Crippen LogP contribution in [-0.2, 0) is 6.42 Å². The van der Waals surface area contributed by atoms with Crippen LogP contribution in [0, 0.1) is 12.7 Å². The van der Waals surface area contributed by atoms with Crippen LogP contribution in [0.1, 0.15) is 42.3 Å². The Bertz CT molecular complexity index is 1040. The molecule has 1 aliphatic rings. The molecular weight excluding hydrogens is 397 g/mol. The van der Waals surface area contributed by atoms with Gasteiger partial charge in [0.25, 0.3) is 0 Å². The van der Waals surface area contributed by atoms with Crippen LogP contribution in [0.3, 0.4) is 0 Å².